The van der Waals surface area contributed by atoms with E-state index in [1.165, 1.54) is 4.31 Å². The molecule has 0 spiro atoms. The number of pyridine rings is 1. The van der Waals surface area contributed by atoms with Crippen molar-refractivity contribution in [2.75, 3.05) is 0 Å². The van der Waals surface area contributed by atoms with Crippen molar-refractivity contribution in [1.29, 1.82) is 0 Å². The summed E-state index contributed by atoms with van der Waals surface area (Å²) >= 11 is 0. The minimum atomic E-state index is -3.81. The van der Waals surface area contributed by atoms with Gasteiger partial charge >= 0.3 is 0 Å². The third-order valence-corrected chi connectivity index (χ3v) is 6.93. The van der Waals surface area contributed by atoms with Crippen LogP contribution in [0.1, 0.15) is 38.8 Å². The highest BCUT2D eigenvalue weighted by Gasteiger charge is 2.38. The van der Waals surface area contributed by atoms with E-state index in [1.54, 1.807) is 44.0 Å². The summed E-state index contributed by atoms with van der Waals surface area (Å²) in [7, 11) is -2.12. The van der Waals surface area contributed by atoms with Crippen LogP contribution in [0, 0.1) is 13.8 Å². The number of carbonyl (C=O) groups is 1. The SMILES string of the molecule is Cc1noc(C)c1S(=O)(=O)N1Cc2c(C(=O)NCc3cccnc3)nn(C)c2C1. The zero-order valence-electron chi connectivity index (χ0n) is 16.2. The number of hydrogen-bond donors (Lipinski definition) is 1. The fourth-order valence-electron chi connectivity index (χ4n) is 3.46. The Kier molecular flexibility index (Phi) is 4.71. The van der Waals surface area contributed by atoms with Gasteiger partial charge in [0.1, 0.15) is 10.6 Å². The molecule has 0 aromatic carbocycles. The number of nitrogens with zero attached hydrogens (tertiary/aromatic N) is 5. The van der Waals surface area contributed by atoms with Gasteiger partial charge in [-0.05, 0) is 25.5 Å². The van der Waals surface area contributed by atoms with Crippen LogP contribution in [-0.2, 0) is 36.7 Å². The van der Waals surface area contributed by atoms with E-state index in [4.69, 9.17) is 4.52 Å². The maximum atomic E-state index is 13.1. The van der Waals surface area contributed by atoms with Crippen LogP contribution in [0.4, 0.5) is 0 Å². The first-order chi connectivity index (χ1) is 13.8. The summed E-state index contributed by atoms with van der Waals surface area (Å²) in [6.45, 7) is 3.64. The van der Waals surface area contributed by atoms with Crippen LogP contribution in [0.2, 0.25) is 0 Å². The van der Waals surface area contributed by atoms with Gasteiger partial charge in [0, 0.05) is 38.1 Å². The first-order valence-corrected chi connectivity index (χ1v) is 10.4. The maximum Gasteiger partial charge on any atom is 0.272 e. The number of amides is 1. The molecule has 11 heteroatoms. The molecule has 1 N–H and O–H groups in total. The average Bonchev–Trinajstić information content (AvgIpc) is 3.36. The van der Waals surface area contributed by atoms with E-state index in [9.17, 15) is 13.2 Å². The maximum absolute atomic E-state index is 13.1. The van der Waals surface area contributed by atoms with Crippen LogP contribution in [0.15, 0.2) is 33.9 Å². The quantitative estimate of drug-likeness (QED) is 0.659. The third-order valence-electron chi connectivity index (χ3n) is 4.89. The lowest BCUT2D eigenvalue weighted by Crippen LogP contribution is -2.29. The van der Waals surface area contributed by atoms with Gasteiger partial charge in [0.2, 0.25) is 10.0 Å². The second-order valence-corrected chi connectivity index (χ2v) is 8.74. The van der Waals surface area contributed by atoms with Crippen LogP contribution in [-0.4, -0.2) is 38.6 Å². The van der Waals surface area contributed by atoms with Gasteiger partial charge in [-0.3, -0.25) is 14.5 Å². The third kappa shape index (κ3) is 3.32. The predicted molar refractivity (Wildman–Crippen MR) is 101 cm³/mol. The fourth-order valence-corrected chi connectivity index (χ4v) is 5.12. The van der Waals surface area contributed by atoms with E-state index in [-0.39, 0.29) is 35.3 Å². The number of carbonyl (C=O) groups excluding carboxylic acids is 1. The zero-order valence-corrected chi connectivity index (χ0v) is 17.0. The van der Waals surface area contributed by atoms with Gasteiger partial charge < -0.3 is 9.84 Å². The standard InChI is InChI=1S/C18H20N6O4S/c1-11-17(12(2)28-22-11)29(26,27)24-9-14-15(10-24)23(3)21-16(14)18(25)20-8-13-5-4-6-19-7-13/h4-7H,8-10H2,1-3H3,(H,20,25). The normalized spacial score (nSPS) is 14.2. The summed E-state index contributed by atoms with van der Waals surface area (Å²) in [6.07, 6.45) is 3.33. The van der Waals surface area contributed by atoms with E-state index in [2.05, 4.69) is 20.6 Å². The molecule has 4 heterocycles. The summed E-state index contributed by atoms with van der Waals surface area (Å²) in [5.41, 5.74) is 2.68. The zero-order chi connectivity index (χ0) is 20.8. The number of aromatic nitrogens is 4. The molecule has 0 saturated carbocycles. The minimum absolute atomic E-state index is 0.0607. The molecule has 3 aromatic rings. The van der Waals surface area contributed by atoms with Crippen LogP contribution in [0.25, 0.3) is 0 Å². The highest BCUT2D eigenvalue weighted by Crippen LogP contribution is 2.32. The molecule has 0 aliphatic carbocycles. The summed E-state index contributed by atoms with van der Waals surface area (Å²) in [5.74, 6) is -0.117. The molecule has 10 nitrogen and oxygen atoms in total. The fraction of sp³-hybridized carbons (Fsp3) is 0.333. The van der Waals surface area contributed by atoms with Crippen molar-refractivity contribution in [3.63, 3.8) is 0 Å². The van der Waals surface area contributed by atoms with E-state index in [1.807, 2.05) is 6.07 Å². The molecular weight excluding hydrogens is 396 g/mol. The van der Waals surface area contributed by atoms with Crippen molar-refractivity contribution in [2.45, 2.75) is 38.4 Å². The molecule has 0 fully saturated rings. The van der Waals surface area contributed by atoms with Crippen LogP contribution in [0.3, 0.4) is 0 Å². The molecule has 0 unspecified atom stereocenters. The average molecular weight is 416 g/mol. The molecular formula is C18H20N6O4S. The lowest BCUT2D eigenvalue weighted by molar-refractivity contribution is 0.0943. The van der Waals surface area contributed by atoms with Crippen molar-refractivity contribution in [3.05, 3.63) is 58.5 Å². The Morgan fingerprint density at radius 3 is 2.76 bits per heavy atom. The van der Waals surface area contributed by atoms with Crippen molar-refractivity contribution in [2.24, 2.45) is 7.05 Å². The topological polar surface area (TPSA) is 123 Å². The van der Waals surface area contributed by atoms with Gasteiger partial charge in [0.25, 0.3) is 5.91 Å². The molecule has 1 aliphatic rings. The monoisotopic (exact) mass is 416 g/mol. The van der Waals surface area contributed by atoms with Gasteiger partial charge in [0.15, 0.2) is 11.5 Å². The van der Waals surface area contributed by atoms with Gasteiger partial charge in [-0.1, -0.05) is 11.2 Å². The van der Waals surface area contributed by atoms with Crippen molar-refractivity contribution in [1.82, 2.24) is 29.5 Å². The molecule has 0 saturated heterocycles. The Hall–Kier alpha value is -3.05. The molecule has 3 aromatic heterocycles. The lowest BCUT2D eigenvalue weighted by atomic mass is 10.2. The number of fused-ring (bicyclic) bond motifs is 1. The van der Waals surface area contributed by atoms with Gasteiger partial charge in [0.05, 0.1) is 12.2 Å². The number of hydrogen-bond acceptors (Lipinski definition) is 7. The summed E-state index contributed by atoms with van der Waals surface area (Å²) in [6, 6.07) is 3.64. The Morgan fingerprint density at radius 1 is 1.31 bits per heavy atom. The minimum Gasteiger partial charge on any atom is -0.360 e. The first-order valence-electron chi connectivity index (χ1n) is 8.94. The molecule has 4 rings (SSSR count). The molecule has 0 atom stereocenters. The molecule has 1 aliphatic heterocycles. The number of rotatable bonds is 5. The molecule has 29 heavy (non-hydrogen) atoms. The molecule has 0 bridgehead atoms. The van der Waals surface area contributed by atoms with Gasteiger partial charge in [-0.15, -0.1) is 0 Å². The predicted octanol–water partition coefficient (Wildman–Crippen LogP) is 1.05. The largest absolute Gasteiger partial charge is 0.360 e. The summed E-state index contributed by atoms with van der Waals surface area (Å²) in [5, 5.41) is 10.8. The highest BCUT2D eigenvalue weighted by atomic mass is 32.2. The van der Waals surface area contributed by atoms with E-state index in [0.717, 1.165) is 5.56 Å². The first kappa shape index (κ1) is 19.3. The number of aryl methyl sites for hydroxylation is 3. The van der Waals surface area contributed by atoms with Crippen molar-refractivity contribution < 1.29 is 17.7 Å². The Bertz CT molecular complexity index is 1160. The Balaban J connectivity index is 1.57. The highest BCUT2D eigenvalue weighted by molar-refractivity contribution is 7.89. The van der Waals surface area contributed by atoms with Gasteiger partial charge in [-0.25, -0.2) is 8.42 Å². The molecule has 152 valence electrons. The second-order valence-electron chi connectivity index (χ2n) is 6.87. The summed E-state index contributed by atoms with van der Waals surface area (Å²) < 4.78 is 34.1. The molecule has 1 amide bonds. The lowest BCUT2D eigenvalue weighted by Gasteiger charge is -2.16. The van der Waals surface area contributed by atoms with Crippen LogP contribution < -0.4 is 5.32 Å². The van der Waals surface area contributed by atoms with Crippen LogP contribution >= 0.6 is 0 Å². The summed E-state index contributed by atoms with van der Waals surface area (Å²) in [4.78, 5) is 16.8. The number of sulfonamides is 1. The smallest absolute Gasteiger partial charge is 0.272 e. The van der Waals surface area contributed by atoms with Gasteiger partial charge in [-0.2, -0.15) is 9.40 Å². The van der Waals surface area contributed by atoms with E-state index >= 15 is 0 Å². The van der Waals surface area contributed by atoms with E-state index in [0.29, 0.717) is 23.5 Å². The Morgan fingerprint density at radius 2 is 2.10 bits per heavy atom. The van der Waals surface area contributed by atoms with Crippen LogP contribution in [0.5, 0.6) is 0 Å². The number of nitrogens with one attached hydrogen (secondary N) is 1. The second kappa shape index (κ2) is 7.08. The Labute approximate surface area is 167 Å². The van der Waals surface area contributed by atoms with E-state index < -0.39 is 10.0 Å². The van der Waals surface area contributed by atoms with Crippen molar-refractivity contribution in [3.8, 4) is 0 Å². The van der Waals surface area contributed by atoms with Crippen molar-refractivity contribution >= 4 is 15.9 Å². The molecule has 0 radical (unpaired) electrons.